The van der Waals surface area contributed by atoms with E-state index < -0.39 is 21.7 Å². The number of rotatable bonds is 5. The lowest BCUT2D eigenvalue weighted by molar-refractivity contribution is 0.272. The molecule has 0 unspecified atom stereocenters. The third kappa shape index (κ3) is 3.46. The molecular formula is C13H14F2N2O3S. The maximum atomic E-state index is 13.4. The van der Waals surface area contributed by atoms with Gasteiger partial charge in [-0.25, -0.2) is 21.9 Å². The second-order valence-corrected chi connectivity index (χ2v) is 6.26. The molecule has 0 aliphatic rings. The van der Waals surface area contributed by atoms with Crippen molar-refractivity contribution >= 4 is 10.0 Å². The largest absolute Gasteiger partial charge is 0.390 e. The Balaban J connectivity index is 2.19. The minimum atomic E-state index is -3.87. The molecule has 0 bridgehead atoms. The molecule has 1 aromatic carbocycles. The SMILES string of the molecule is Cn1cc(S(=O)(=O)NCc2cc(F)ccc2F)cc1CO. The molecule has 2 aromatic rings. The van der Waals surface area contributed by atoms with Crippen molar-refractivity contribution < 1.29 is 22.3 Å². The first kappa shape index (κ1) is 15.6. The van der Waals surface area contributed by atoms with Crippen molar-refractivity contribution in [3.63, 3.8) is 0 Å². The van der Waals surface area contributed by atoms with Gasteiger partial charge in [0, 0.05) is 31.0 Å². The van der Waals surface area contributed by atoms with Crippen LogP contribution >= 0.6 is 0 Å². The van der Waals surface area contributed by atoms with Crippen LogP contribution in [0.4, 0.5) is 8.78 Å². The molecule has 0 saturated heterocycles. The number of hydrogen-bond acceptors (Lipinski definition) is 3. The van der Waals surface area contributed by atoms with E-state index in [1.54, 1.807) is 7.05 Å². The van der Waals surface area contributed by atoms with Crippen LogP contribution in [0.2, 0.25) is 0 Å². The minimum Gasteiger partial charge on any atom is -0.390 e. The average molecular weight is 316 g/mol. The summed E-state index contributed by atoms with van der Waals surface area (Å²) >= 11 is 0. The van der Waals surface area contributed by atoms with Crippen LogP contribution in [0.5, 0.6) is 0 Å². The Hall–Kier alpha value is -1.77. The van der Waals surface area contributed by atoms with E-state index in [0.29, 0.717) is 5.69 Å². The number of hydrogen-bond donors (Lipinski definition) is 2. The zero-order valence-corrected chi connectivity index (χ0v) is 12.0. The molecule has 1 aromatic heterocycles. The molecular weight excluding hydrogens is 302 g/mol. The van der Waals surface area contributed by atoms with Gasteiger partial charge in [-0.15, -0.1) is 0 Å². The maximum Gasteiger partial charge on any atom is 0.242 e. The fourth-order valence-electron chi connectivity index (χ4n) is 1.82. The highest BCUT2D eigenvalue weighted by molar-refractivity contribution is 7.89. The minimum absolute atomic E-state index is 0.0501. The summed E-state index contributed by atoms with van der Waals surface area (Å²) in [6.07, 6.45) is 1.33. The van der Waals surface area contributed by atoms with E-state index in [4.69, 9.17) is 5.11 Å². The molecule has 5 nitrogen and oxygen atoms in total. The van der Waals surface area contributed by atoms with Gasteiger partial charge in [0.05, 0.1) is 11.5 Å². The molecule has 2 N–H and O–H groups in total. The van der Waals surface area contributed by atoms with Gasteiger partial charge < -0.3 is 9.67 Å². The third-order valence-electron chi connectivity index (χ3n) is 3.02. The third-order valence-corrected chi connectivity index (χ3v) is 4.38. The number of aromatic nitrogens is 1. The summed E-state index contributed by atoms with van der Waals surface area (Å²) in [5, 5.41) is 9.05. The second kappa shape index (κ2) is 5.92. The van der Waals surface area contributed by atoms with Crippen molar-refractivity contribution in [3.8, 4) is 0 Å². The zero-order chi connectivity index (χ0) is 15.6. The summed E-state index contributed by atoms with van der Waals surface area (Å²) in [7, 11) is -2.28. The van der Waals surface area contributed by atoms with Gasteiger partial charge in [0.1, 0.15) is 11.6 Å². The molecule has 114 valence electrons. The Labute approximate surface area is 120 Å². The molecule has 0 radical (unpaired) electrons. The van der Waals surface area contributed by atoms with Crippen LogP contribution in [0.3, 0.4) is 0 Å². The molecule has 8 heteroatoms. The van der Waals surface area contributed by atoms with Crippen LogP contribution in [0.25, 0.3) is 0 Å². The van der Waals surface area contributed by atoms with Crippen LogP contribution in [-0.4, -0.2) is 18.1 Å². The maximum absolute atomic E-state index is 13.4. The lowest BCUT2D eigenvalue weighted by Crippen LogP contribution is -2.23. The molecule has 0 atom stereocenters. The summed E-state index contributed by atoms with van der Waals surface area (Å²) in [4.78, 5) is -0.0501. The second-order valence-electron chi connectivity index (χ2n) is 4.50. The van der Waals surface area contributed by atoms with Crippen LogP contribution < -0.4 is 4.72 Å². The van der Waals surface area contributed by atoms with Crippen molar-refractivity contribution in [1.82, 2.24) is 9.29 Å². The number of aryl methyl sites for hydroxylation is 1. The van der Waals surface area contributed by atoms with Gasteiger partial charge in [-0.1, -0.05) is 0 Å². The summed E-state index contributed by atoms with van der Waals surface area (Å²) < 4.78 is 54.2. The first-order chi connectivity index (χ1) is 9.83. The van der Waals surface area contributed by atoms with Crippen LogP contribution in [0.1, 0.15) is 11.3 Å². The van der Waals surface area contributed by atoms with E-state index in [9.17, 15) is 17.2 Å². The number of aliphatic hydroxyl groups is 1. The number of halogens is 2. The van der Waals surface area contributed by atoms with Gasteiger partial charge in [0.15, 0.2) is 0 Å². The van der Waals surface area contributed by atoms with Crippen LogP contribution in [-0.2, 0) is 30.2 Å². The number of aliphatic hydroxyl groups excluding tert-OH is 1. The van der Waals surface area contributed by atoms with Gasteiger partial charge in [-0.3, -0.25) is 0 Å². The van der Waals surface area contributed by atoms with E-state index >= 15 is 0 Å². The molecule has 0 aliphatic carbocycles. The molecule has 0 spiro atoms. The smallest absolute Gasteiger partial charge is 0.242 e. The zero-order valence-electron chi connectivity index (χ0n) is 11.2. The Morgan fingerprint density at radius 3 is 2.62 bits per heavy atom. The topological polar surface area (TPSA) is 71.3 Å². The van der Waals surface area contributed by atoms with E-state index in [-0.39, 0.29) is 23.6 Å². The Bertz CT molecular complexity index is 757. The number of benzene rings is 1. The predicted octanol–water partition coefficient (Wildman–Crippen LogP) is 1.27. The number of nitrogens with zero attached hydrogens (tertiary/aromatic N) is 1. The normalized spacial score (nSPS) is 11.8. The fourth-order valence-corrected chi connectivity index (χ4v) is 2.92. The molecule has 1 heterocycles. The van der Waals surface area contributed by atoms with Crippen molar-refractivity contribution in [2.45, 2.75) is 18.0 Å². The molecule has 0 amide bonds. The van der Waals surface area contributed by atoms with Crippen molar-refractivity contribution in [1.29, 1.82) is 0 Å². The summed E-state index contributed by atoms with van der Waals surface area (Å²) in [6.45, 7) is -0.667. The van der Waals surface area contributed by atoms with Gasteiger partial charge in [0.2, 0.25) is 10.0 Å². The highest BCUT2D eigenvalue weighted by Crippen LogP contribution is 2.15. The van der Waals surface area contributed by atoms with E-state index in [1.807, 2.05) is 0 Å². The molecule has 21 heavy (non-hydrogen) atoms. The lowest BCUT2D eigenvalue weighted by atomic mass is 10.2. The van der Waals surface area contributed by atoms with Gasteiger partial charge in [-0.2, -0.15) is 0 Å². The average Bonchev–Trinajstić information content (AvgIpc) is 2.82. The highest BCUT2D eigenvalue weighted by atomic mass is 32.2. The van der Waals surface area contributed by atoms with Crippen molar-refractivity contribution in [2.75, 3.05) is 0 Å². The quantitative estimate of drug-likeness (QED) is 0.873. The lowest BCUT2D eigenvalue weighted by Gasteiger charge is -2.06. The van der Waals surface area contributed by atoms with E-state index in [0.717, 1.165) is 18.2 Å². The summed E-state index contributed by atoms with van der Waals surface area (Å²) in [5.74, 6) is -1.34. The highest BCUT2D eigenvalue weighted by Gasteiger charge is 2.18. The van der Waals surface area contributed by atoms with Crippen LogP contribution in [0.15, 0.2) is 35.4 Å². The number of nitrogens with one attached hydrogen (secondary N) is 1. The van der Waals surface area contributed by atoms with Gasteiger partial charge in [0.25, 0.3) is 0 Å². The monoisotopic (exact) mass is 316 g/mol. The molecule has 0 fully saturated rings. The van der Waals surface area contributed by atoms with Gasteiger partial charge >= 0.3 is 0 Å². The fraction of sp³-hybridized carbons (Fsp3) is 0.231. The molecule has 0 aliphatic heterocycles. The molecule has 0 saturated carbocycles. The number of sulfonamides is 1. The van der Waals surface area contributed by atoms with E-state index in [1.165, 1.54) is 16.8 Å². The standard InChI is InChI=1S/C13H14F2N2O3S/c1-17-7-12(5-11(17)8-18)21(19,20)16-6-9-4-10(14)2-3-13(9)15/h2-5,7,16,18H,6,8H2,1H3. The van der Waals surface area contributed by atoms with Crippen LogP contribution in [0, 0.1) is 11.6 Å². The predicted molar refractivity (Wildman–Crippen MR) is 71.7 cm³/mol. The first-order valence-corrected chi connectivity index (χ1v) is 7.51. The van der Waals surface area contributed by atoms with Gasteiger partial charge in [-0.05, 0) is 24.3 Å². The summed E-state index contributed by atoms with van der Waals surface area (Å²) in [6, 6.07) is 4.13. The van der Waals surface area contributed by atoms with Crippen molar-refractivity contribution in [2.24, 2.45) is 7.05 Å². The van der Waals surface area contributed by atoms with Crippen molar-refractivity contribution in [3.05, 3.63) is 53.4 Å². The Kier molecular flexibility index (Phi) is 4.40. The first-order valence-electron chi connectivity index (χ1n) is 6.03. The summed E-state index contributed by atoms with van der Waals surface area (Å²) in [5.41, 5.74) is 0.337. The molecule has 2 rings (SSSR count). The Morgan fingerprint density at radius 1 is 1.29 bits per heavy atom. The Morgan fingerprint density at radius 2 is 2.00 bits per heavy atom. The van der Waals surface area contributed by atoms with E-state index in [2.05, 4.69) is 4.72 Å².